The first-order valence-electron chi connectivity index (χ1n) is 9.22. The van der Waals surface area contributed by atoms with Gasteiger partial charge < -0.3 is 25.4 Å². The van der Waals surface area contributed by atoms with E-state index in [4.69, 9.17) is 9.47 Å². The molecule has 1 aromatic rings. The first-order chi connectivity index (χ1) is 12.6. The zero-order valence-corrected chi connectivity index (χ0v) is 16.8. The normalized spacial score (nSPS) is 17.3. The Balaban J connectivity index is 0.00000364. The number of hydrogen-bond donors (Lipinski definition) is 3. The number of nitrogens with one attached hydrogen (secondary N) is 3. The highest BCUT2D eigenvalue weighted by atomic mass is 35.5. The Bertz CT molecular complexity index is 577. The third-order valence-corrected chi connectivity index (χ3v) is 4.17. The molecule has 1 saturated heterocycles. The molecule has 7 nitrogen and oxygen atoms in total. The summed E-state index contributed by atoms with van der Waals surface area (Å²) in [6, 6.07) is 7.63. The van der Waals surface area contributed by atoms with Gasteiger partial charge in [0.25, 0.3) is 0 Å². The van der Waals surface area contributed by atoms with Crippen LogP contribution in [-0.2, 0) is 14.3 Å². The Kier molecular flexibility index (Phi) is 10.8. The van der Waals surface area contributed by atoms with Gasteiger partial charge in [0, 0.05) is 26.1 Å². The fraction of sp³-hybridized carbons (Fsp3) is 0.579. The van der Waals surface area contributed by atoms with Gasteiger partial charge in [-0.25, -0.2) is 0 Å². The Labute approximate surface area is 167 Å². The fourth-order valence-electron chi connectivity index (χ4n) is 2.72. The van der Waals surface area contributed by atoms with Crippen LogP contribution in [0.25, 0.3) is 0 Å². The van der Waals surface area contributed by atoms with E-state index in [-0.39, 0.29) is 30.3 Å². The average Bonchev–Trinajstić information content (AvgIpc) is 2.66. The molecule has 2 atom stereocenters. The van der Waals surface area contributed by atoms with Crippen LogP contribution < -0.4 is 20.7 Å². The minimum atomic E-state index is -0.433. The Hall–Kier alpha value is -1.83. The number of benzene rings is 1. The second-order valence-electron chi connectivity index (χ2n) is 6.25. The molecule has 0 aliphatic carbocycles. The van der Waals surface area contributed by atoms with Gasteiger partial charge in [-0.1, -0.05) is 12.1 Å². The first kappa shape index (κ1) is 23.2. The lowest BCUT2D eigenvalue weighted by Crippen LogP contribution is -2.48. The summed E-state index contributed by atoms with van der Waals surface area (Å²) >= 11 is 0. The van der Waals surface area contributed by atoms with Crippen LogP contribution in [-0.4, -0.2) is 50.8 Å². The van der Waals surface area contributed by atoms with Crippen molar-refractivity contribution < 1.29 is 19.1 Å². The van der Waals surface area contributed by atoms with E-state index in [1.807, 2.05) is 38.1 Å². The highest BCUT2D eigenvalue weighted by Crippen LogP contribution is 2.17. The van der Waals surface area contributed by atoms with E-state index < -0.39 is 6.10 Å². The van der Waals surface area contributed by atoms with Gasteiger partial charge in [-0.15, -0.1) is 12.4 Å². The third-order valence-electron chi connectivity index (χ3n) is 4.17. The van der Waals surface area contributed by atoms with E-state index in [0.29, 0.717) is 39.1 Å². The lowest BCUT2D eigenvalue weighted by molar-refractivity contribution is -0.134. The number of amides is 2. The number of ether oxygens (including phenoxy) is 2. The second kappa shape index (κ2) is 12.5. The van der Waals surface area contributed by atoms with Crippen molar-refractivity contribution in [3.05, 3.63) is 29.8 Å². The van der Waals surface area contributed by atoms with Crippen LogP contribution in [0.5, 0.6) is 5.75 Å². The van der Waals surface area contributed by atoms with Crippen LogP contribution in [0, 0.1) is 0 Å². The molecule has 0 bridgehead atoms. The predicted molar refractivity (Wildman–Crippen MR) is 106 cm³/mol. The molecule has 1 heterocycles. The maximum absolute atomic E-state index is 12.1. The molecule has 2 amide bonds. The molecule has 2 unspecified atom stereocenters. The summed E-state index contributed by atoms with van der Waals surface area (Å²) in [6.07, 6.45) is 0.524. The fourth-order valence-corrected chi connectivity index (χ4v) is 2.72. The van der Waals surface area contributed by atoms with Crippen LogP contribution >= 0.6 is 12.4 Å². The molecule has 27 heavy (non-hydrogen) atoms. The smallest absolute Gasteiger partial charge is 0.250 e. The Morgan fingerprint density at radius 2 is 2.07 bits per heavy atom. The summed E-state index contributed by atoms with van der Waals surface area (Å²) < 4.78 is 10.8. The molecule has 0 aromatic heterocycles. The summed E-state index contributed by atoms with van der Waals surface area (Å²) in [5, 5.41) is 8.90. The maximum atomic E-state index is 12.1. The van der Waals surface area contributed by atoms with Gasteiger partial charge in [-0.2, -0.15) is 0 Å². The van der Waals surface area contributed by atoms with E-state index in [9.17, 15) is 9.59 Å². The van der Waals surface area contributed by atoms with Crippen molar-refractivity contribution in [1.29, 1.82) is 0 Å². The molecular formula is C19H30ClN3O4. The molecule has 2 rings (SSSR count). The third kappa shape index (κ3) is 8.15. The van der Waals surface area contributed by atoms with Crippen molar-refractivity contribution in [2.45, 2.75) is 38.8 Å². The summed E-state index contributed by atoms with van der Waals surface area (Å²) in [4.78, 5) is 24.0. The van der Waals surface area contributed by atoms with Gasteiger partial charge in [0.05, 0.1) is 19.3 Å². The van der Waals surface area contributed by atoms with E-state index in [1.54, 1.807) is 0 Å². The second-order valence-corrected chi connectivity index (χ2v) is 6.25. The van der Waals surface area contributed by atoms with Crippen molar-refractivity contribution in [3.63, 3.8) is 0 Å². The SMILES string of the molecule is CCOc1ccc(C(C)NC(=O)CCCNC(=O)C2CNCCO2)cc1.Cl. The lowest BCUT2D eigenvalue weighted by atomic mass is 10.1. The molecular weight excluding hydrogens is 370 g/mol. The van der Waals surface area contributed by atoms with Gasteiger partial charge >= 0.3 is 0 Å². The van der Waals surface area contributed by atoms with Crippen molar-refractivity contribution in [1.82, 2.24) is 16.0 Å². The minimum absolute atomic E-state index is 0. The standard InChI is InChI=1S/C19H29N3O4.ClH/c1-3-25-16-8-6-15(7-9-16)14(2)22-18(23)5-4-10-21-19(24)17-13-20-11-12-26-17;/h6-9,14,17,20H,3-5,10-13H2,1-2H3,(H,21,24)(H,22,23);1H. The average molecular weight is 400 g/mol. The van der Waals surface area contributed by atoms with Gasteiger partial charge in [0.15, 0.2) is 0 Å². The summed E-state index contributed by atoms with van der Waals surface area (Å²) in [6.45, 7) is 6.84. The van der Waals surface area contributed by atoms with Crippen molar-refractivity contribution >= 4 is 24.2 Å². The molecule has 0 radical (unpaired) electrons. The predicted octanol–water partition coefficient (Wildman–Crippen LogP) is 1.57. The van der Waals surface area contributed by atoms with Gasteiger partial charge in [-0.3, -0.25) is 9.59 Å². The monoisotopic (exact) mass is 399 g/mol. The molecule has 0 saturated carbocycles. The van der Waals surface area contributed by atoms with Crippen LogP contribution in [0.15, 0.2) is 24.3 Å². The van der Waals surface area contributed by atoms with Crippen LogP contribution in [0.1, 0.15) is 38.3 Å². The molecule has 0 spiro atoms. The van der Waals surface area contributed by atoms with Crippen LogP contribution in [0.4, 0.5) is 0 Å². The molecule has 1 fully saturated rings. The molecule has 152 valence electrons. The number of carbonyl (C=O) groups excluding carboxylic acids is 2. The van der Waals surface area contributed by atoms with E-state index in [2.05, 4.69) is 16.0 Å². The van der Waals surface area contributed by atoms with Crippen molar-refractivity contribution in [3.8, 4) is 5.75 Å². The quantitative estimate of drug-likeness (QED) is 0.548. The van der Waals surface area contributed by atoms with Gasteiger partial charge in [-0.05, 0) is 38.0 Å². The molecule has 1 aliphatic rings. The van der Waals surface area contributed by atoms with Gasteiger partial charge in [0.1, 0.15) is 11.9 Å². The largest absolute Gasteiger partial charge is 0.494 e. The first-order valence-corrected chi connectivity index (χ1v) is 9.22. The number of halogens is 1. The number of morpholine rings is 1. The molecule has 8 heteroatoms. The van der Waals surface area contributed by atoms with Crippen molar-refractivity contribution in [2.24, 2.45) is 0 Å². The topological polar surface area (TPSA) is 88.7 Å². The van der Waals surface area contributed by atoms with E-state index in [0.717, 1.165) is 17.9 Å². The Morgan fingerprint density at radius 3 is 2.70 bits per heavy atom. The summed E-state index contributed by atoms with van der Waals surface area (Å²) in [7, 11) is 0. The minimum Gasteiger partial charge on any atom is -0.494 e. The maximum Gasteiger partial charge on any atom is 0.250 e. The molecule has 1 aromatic carbocycles. The zero-order chi connectivity index (χ0) is 18.8. The van der Waals surface area contributed by atoms with Gasteiger partial charge in [0.2, 0.25) is 11.8 Å². The highest BCUT2D eigenvalue weighted by molar-refractivity contribution is 5.85. The Morgan fingerprint density at radius 1 is 1.33 bits per heavy atom. The lowest BCUT2D eigenvalue weighted by Gasteiger charge is -2.22. The highest BCUT2D eigenvalue weighted by Gasteiger charge is 2.21. The van der Waals surface area contributed by atoms with Crippen molar-refractivity contribution in [2.75, 3.05) is 32.8 Å². The summed E-state index contributed by atoms with van der Waals surface area (Å²) in [5.74, 6) is 0.666. The number of hydrogen-bond acceptors (Lipinski definition) is 5. The van der Waals surface area contributed by atoms with Crippen LogP contribution in [0.2, 0.25) is 0 Å². The molecule has 1 aliphatic heterocycles. The van der Waals surface area contributed by atoms with E-state index in [1.165, 1.54) is 0 Å². The van der Waals surface area contributed by atoms with Crippen LogP contribution in [0.3, 0.4) is 0 Å². The zero-order valence-electron chi connectivity index (χ0n) is 16.0. The number of rotatable bonds is 9. The number of carbonyl (C=O) groups is 2. The molecule has 3 N–H and O–H groups in total. The summed E-state index contributed by atoms with van der Waals surface area (Å²) in [5.41, 5.74) is 1.03. The van der Waals surface area contributed by atoms with E-state index >= 15 is 0 Å².